The van der Waals surface area contributed by atoms with Crippen LogP contribution in [0.1, 0.15) is 40.9 Å². The van der Waals surface area contributed by atoms with E-state index in [1.807, 2.05) is 25.2 Å². The highest BCUT2D eigenvalue weighted by Crippen LogP contribution is 2.14. The average molecular weight is 295 g/mol. The van der Waals surface area contributed by atoms with Crippen LogP contribution in [0.2, 0.25) is 0 Å². The summed E-state index contributed by atoms with van der Waals surface area (Å²) < 4.78 is 0. The van der Waals surface area contributed by atoms with Crippen LogP contribution in [0.5, 0.6) is 0 Å². The van der Waals surface area contributed by atoms with Gasteiger partial charge in [-0.3, -0.25) is 4.79 Å². The molecular formula is C20H25NO. The van der Waals surface area contributed by atoms with Crippen molar-refractivity contribution in [3.8, 4) is 0 Å². The molecule has 0 unspecified atom stereocenters. The molecule has 0 aliphatic heterocycles. The maximum Gasteiger partial charge on any atom is 0.253 e. The molecule has 2 aromatic carbocycles. The lowest BCUT2D eigenvalue weighted by atomic mass is 10.0. The summed E-state index contributed by atoms with van der Waals surface area (Å²) >= 11 is 0. The molecule has 0 atom stereocenters. The summed E-state index contributed by atoms with van der Waals surface area (Å²) in [5.41, 5.74) is 4.39. The topological polar surface area (TPSA) is 20.3 Å². The highest BCUT2D eigenvalue weighted by atomic mass is 16.2. The second-order valence-corrected chi connectivity index (χ2v) is 6.45. The van der Waals surface area contributed by atoms with E-state index in [1.165, 1.54) is 11.1 Å². The zero-order valence-corrected chi connectivity index (χ0v) is 14.0. The summed E-state index contributed by atoms with van der Waals surface area (Å²) in [5.74, 6) is 0.668. The molecule has 0 radical (unpaired) electrons. The fourth-order valence-corrected chi connectivity index (χ4v) is 2.56. The van der Waals surface area contributed by atoms with Crippen LogP contribution in [0.3, 0.4) is 0 Å². The van der Waals surface area contributed by atoms with E-state index in [1.54, 1.807) is 4.90 Å². The summed E-state index contributed by atoms with van der Waals surface area (Å²) in [5, 5.41) is 0. The molecule has 0 saturated heterocycles. The Bertz CT molecular complexity index is 628. The first-order valence-electron chi connectivity index (χ1n) is 7.85. The smallest absolute Gasteiger partial charge is 0.253 e. The zero-order valence-electron chi connectivity index (χ0n) is 14.0. The van der Waals surface area contributed by atoms with Gasteiger partial charge in [-0.2, -0.15) is 0 Å². The minimum Gasteiger partial charge on any atom is -0.337 e. The normalized spacial score (nSPS) is 10.8. The summed E-state index contributed by atoms with van der Waals surface area (Å²) in [4.78, 5) is 14.4. The summed E-state index contributed by atoms with van der Waals surface area (Å²) in [7, 11) is 1.86. The molecule has 22 heavy (non-hydrogen) atoms. The number of rotatable bonds is 5. The second kappa shape index (κ2) is 7.26. The van der Waals surface area contributed by atoms with E-state index >= 15 is 0 Å². The molecule has 0 aliphatic carbocycles. The lowest BCUT2D eigenvalue weighted by molar-refractivity contribution is 0.0785. The maximum atomic E-state index is 12.6. The molecule has 116 valence electrons. The summed E-state index contributed by atoms with van der Waals surface area (Å²) in [6, 6.07) is 16.3. The van der Waals surface area contributed by atoms with Crippen molar-refractivity contribution in [2.45, 2.75) is 33.7 Å². The van der Waals surface area contributed by atoms with Gasteiger partial charge in [-0.05, 0) is 42.5 Å². The first-order valence-corrected chi connectivity index (χ1v) is 7.85. The highest BCUT2D eigenvalue weighted by Gasteiger charge is 2.12. The first kappa shape index (κ1) is 16.3. The number of carbonyl (C=O) groups is 1. The number of nitrogens with zero attached hydrogens (tertiary/aromatic N) is 1. The average Bonchev–Trinajstić information content (AvgIpc) is 2.48. The van der Waals surface area contributed by atoms with Gasteiger partial charge in [0.25, 0.3) is 5.91 Å². The van der Waals surface area contributed by atoms with Gasteiger partial charge < -0.3 is 4.90 Å². The van der Waals surface area contributed by atoms with Crippen LogP contribution in [0, 0.1) is 12.8 Å². The number of hydrogen-bond acceptors (Lipinski definition) is 1. The van der Waals surface area contributed by atoms with Gasteiger partial charge in [-0.1, -0.05) is 55.8 Å². The van der Waals surface area contributed by atoms with E-state index in [0.29, 0.717) is 12.5 Å². The SMILES string of the molecule is Cc1ccc(CN(C)C(=O)c2cccc(CC(C)C)c2)cc1. The van der Waals surface area contributed by atoms with Crippen molar-refractivity contribution in [2.24, 2.45) is 5.92 Å². The number of hydrogen-bond donors (Lipinski definition) is 0. The van der Waals surface area contributed by atoms with Crippen LogP contribution in [0.25, 0.3) is 0 Å². The van der Waals surface area contributed by atoms with Crippen LogP contribution < -0.4 is 0 Å². The third-order valence-corrected chi connectivity index (χ3v) is 3.70. The third kappa shape index (κ3) is 4.45. The van der Waals surface area contributed by atoms with Crippen molar-refractivity contribution in [1.29, 1.82) is 0 Å². The van der Waals surface area contributed by atoms with Gasteiger partial charge in [-0.15, -0.1) is 0 Å². The predicted molar refractivity (Wildman–Crippen MR) is 92.0 cm³/mol. The maximum absolute atomic E-state index is 12.6. The molecule has 0 fully saturated rings. The number of carbonyl (C=O) groups excluding carboxylic acids is 1. The van der Waals surface area contributed by atoms with Crippen molar-refractivity contribution in [2.75, 3.05) is 7.05 Å². The molecule has 1 amide bonds. The van der Waals surface area contributed by atoms with Crippen LogP contribution in [0.15, 0.2) is 48.5 Å². The number of aryl methyl sites for hydroxylation is 1. The van der Waals surface area contributed by atoms with E-state index in [9.17, 15) is 4.79 Å². The number of benzene rings is 2. The molecule has 0 spiro atoms. The molecule has 2 rings (SSSR count). The van der Waals surface area contributed by atoms with Gasteiger partial charge >= 0.3 is 0 Å². The van der Waals surface area contributed by atoms with Gasteiger partial charge in [0.2, 0.25) is 0 Å². The Morgan fingerprint density at radius 1 is 1.05 bits per heavy atom. The van der Waals surface area contributed by atoms with Gasteiger partial charge in [0.1, 0.15) is 0 Å². The number of amides is 1. The van der Waals surface area contributed by atoms with Crippen LogP contribution in [-0.4, -0.2) is 17.9 Å². The van der Waals surface area contributed by atoms with Crippen molar-refractivity contribution in [1.82, 2.24) is 4.90 Å². The Morgan fingerprint density at radius 3 is 2.36 bits per heavy atom. The summed E-state index contributed by atoms with van der Waals surface area (Å²) in [6.07, 6.45) is 1.00. The third-order valence-electron chi connectivity index (χ3n) is 3.70. The van der Waals surface area contributed by atoms with Crippen molar-refractivity contribution < 1.29 is 4.79 Å². The largest absolute Gasteiger partial charge is 0.337 e. The van der Waals surface area contributed by atoms with Crippen LogP contribution in [-0.2, 0) is 13.0 Å². The van der Waals surface area contributed by atoms with Gasteiger partial charge in [-0.25, -0.2) is 0 Å². The van der Waals surface area contributed by atoms with Gasteiger partial charge in [0, 0.05) is 19.2 Å². The standard InChI is InChI=1S/C20H25NO/c1-15(2)12-18-6-5-7-19(13-18)20(22)21(4)14-17-10-8-16(3)9-11-17/h5-11,13,15H,12,14H2,1-4H3. The predicted octanol–water partition coefficient (Wildman–Crippen LogP) is 4.47. The van der Waals surface area contributed by atoms with Crippen molar-refractivity contribution in [3.05, 3.63) is 70.8 Å². The van der Waals surface area contributed by atoms with E-state index < -0.39 is 0 Å². The van der Waals surface area contributed by atoms with Crippen molar-refractivity contribution in [3.63, 3.8) is 0 Å². The minimum atomic E-state index is 0.0752. The molecule has 2 nitrogen and oxygen atoms in total. The molecule has 0 heterocycles. The molecule has 0 N–H and O–H groups in total. The van der Waals surface area contributed by atoms with Crippen molar-refractivity contribution >= 4 is 5.91 Å². The quantitative estimate of drug-likeness (QED) is 0.797. The molecule has 0 aromatic heterocycles. The van der Waals surface area contributed by atoms with E-state index in [0.717, 1.165) is 17.5 Å². The highest BCUT2D eigenvalue weighted by molar-refractivity contribution is 5.94. The molecule has 0 bridgehead atoms. The van der Waals surface area contributed by atoms with Crippen LogP contribution in [0.4, 0.5) is 0 Å². The molecule has 0 aliphatic rings. The first-order chi connectivity index (χ1) is 10.5. The lowest BCUT2D eigenvalue weighted by Crippen LogP contribution is -2.26. The minimum absolute atomic E-state index is 0.0752. The van der Waals surface area contributed by atoms with E-state index in [-0.39, 0.29) is 5.91 Å². The zero-order chi connectivity index (χ0) is 16.1. The van der Waals surface area contributed by atoms with Crippen LogP contribution >= 0.6 is 0 Å². The monoisotopic (exact) mass is 295 g/mol. The Hall–Kier alpha value is -2.09. The Labute approximate surface area is 133 Å². The second-order valence-electron chi connectivity index (χ2n) is 6.45. The Kier molecular flexibility index (Phi) is 5.37. The van der Waals surface area contributed by atoms with Gasteiger partial charge in [0.05, 0.1) is 0 Å². The molecule has 0 saturated carbocycles. The lowest BCUT2D eigenvalue weighted by Gasteiger charge is -2.18. The van der Waals surface area contributed by atoms with Gasteiger partial charge in [0.15, 0.2) is 0 Å². The van der Waals surface area contributed by atoms with E-state index in [4.69, 9.17) is 0 Å². The fraction of sp³-hybridized carbons (Fsp3) is 0.350. The fourth-order valence-electron chi connectivity index (χ4n) is 2.56. The van der Waals surface area contributed by atoms with E-state index in [2.05, 4.69) is 51.1 Å². The Balaban J connectivity index is 2.08. The molecule has 2 heteroatoms. The molecular weight excluding hydrogens is 270 g/mol. The molecule has 2 aromatic rings. The summed E-state index contributed by atoms with van der Waals surface area (Å²) in [6.45, 7) is 7.09. The Morgan fingerprint density at radius 2 is 1.73 bits per heavy atom.